The Morgan fingerprint density at radius 2 is 1.32 bits per heavy atom. The topological polar surface area (TPSA) is 103 Å². The second-order valence-corrected chi connectivity index (χ2v) is 10.2. The average Bonchev–Trinajstić information content (AvgIpc) is 2.96. The molecule has 1 N–H and O–H groups in total. The van der Waals surface area contributed by atoms with E-state index in [1.807, 2.05) is 0 Å². The molecule has 0 aliphatic carbocycles. The molecule has 1 unspecified atom stereocenters. The zero-order chi connectivity index (χ0) is 29.4. The highest BCUT2D eigenvalue weighted by atomic mass is 79.9. The van der Waals surface area contributed by atoms with Gasteiger partial charge in [-0.2, -0.15) is 5.10 Å². The molecular formula is C30H21BrCl2N2O6. The van der Waals surface area contributed by atoms with Crippen molar-refractivity contribution in [3.8, 4) is 17.2 Å². The van der Waals surface area contributed by atoms with E-state index in [4.69, 9.17) is 37.4 Å². The summed E-state index contributed by atoms with van der Waals surface area (Å²) < 4.78 is 17.5. The number of ether oxygens (including phenoxy) is 3. The summed E-state index contributed by atoms with van der Waals surface area (Å²) in [6, 6.07) is 23.7. The van der Waals surface area contributed by atoms with Gasteiger partial charge in [-0.3, -0.25) is 4.79 Å². The van der Waals surface area contributed by atoms with E-state index < -0.39 is 23.9 Å². The molecule has 208 valence electrons. The van der Waals surface area contributed by atoms with E-state index in [0.29, 0.717) is 21.4 Å². The molecule has 1 atom stereocenters. The number of halogens is 3. The number of benzene rings is 4. The van der Waals surface area contributed by atoms with Crippen LogP contribution in [0.1, 0.15) is 33.2 Å². The Kier molecular flexibility index (Phi) is 10.1. The molecule has 0 aliphatic rings. The average molecular weight is 656 g/mol. The molecule has 0 saturated carbocycles. The van der Waals surface area contributed by atoms with Crippen molar-refractivity contribution < 1.29 is 28.6 Å². The predicted molar refractivity (Wildman–Crippen MR) is 159 cm³/mol. The quantitative estimate of drug-likeness (QED) is 0.0892. The van der Waals surface area contributed by atoms with E-state index in [1.165, 1.54) is 48.7 Å². The molecule has 4 aromatic carbocycles. The molecule has 8 nitrogen and oxygen atoms in total. The second kappa shape index (κ2) is 13.9. The van der Waals surface area contributed by atoms with Gasteiger partial charge < -0.3 is 14.2 Å². The van der Waals surface area contributed by atoms with Crippen molar-refractivity contribution in [1.82, 2.24) is 5.43 Å². The zero-order valence-electron chi connectivity index (χ0n) is 21.3. The molecule has 11 heteroatoms. The summed E-state index contributed by atoms with van der Waals surface area (Å²) in [5, 5.41) is 4.91. The highest BCUT2D eigenvalue weighted by Gasteiger charge is 2.16. The van der Waals surface area contributed by atoms with Crippen LogP contribution in [0.2, 0.25) is 10.0 Å². The van der Waals surface area contributed by atoms with Crippen molar-refractivity contribution in [2.45, 2.75) is 13.0 Å². The van der Waals surface area contributed by atoms with Crippen LogP contribution in [0.15, 0.2) is 101 Å². The SMILES string of the molecule is CC(Oc1ccc(Br)cc1)C(=O)NN=Cc1ccc(OC(=O)c2ccc(Cl)cc2)cc1OC(=O)c1ccc(Cl)cc1. The first-order chi connectivity index (χ1) is 19.7. The van der Waals surface area contributed by atoms with Gasteiger partial charge in [0.1, 0.15) is 17.2 Å². The maximum atomic E-state index is 12.8. The third-order valence-electron chi connectivity index (χ3n) is 5.43. The smallest absolute Gasteiger partial charge is 0.343 e. The Labute approximate surface area is 254 Å². The third kappa shape index (κ3) is 8.65. The van der Waals surface area contributed by atoms with Gasteiger partial charge in [-0.1, -0.05) is 39.1 Å². The van der Waals surface area contributed by atoms with Crippen LogP contribution in [-0.2, 0) is 4.79 Å². The molecule has 0 radical (unpaired) electrons. The number of carbonyl (C=O) groups is 3. The van der Waals surface area contributed by atoms with Crippen molar-refractivity contribution in [3.05, 3.63) is 122 Å². The summed E-state index contributed by atoms with van der Waals surface area (Å²) >= 11 is 15.1. The number of amides is 1. The number of nitrogens with one attached hydrogen (secondary N) is 1. The van der Waals surface area contributed by atoms with Gasteiger partial charge in [-0.25, -0.2) is 15.0 Å². The molecule has 1 amide bonds. The van der Waals surface area contributed by atoms with Crippen LogP contribution in [0.5, 0.6) is 17.2 Å². The zero-order valence-corrected chi connectivity index (χ0v) is 24.4. The minimum Gasteiger partial charge on any atom is -0.481 e. The van der Waals surface area contributed by atoms with Crippen molar-refractivity contribution in [3.63, 3.8) is 0 Å². The summed E-state index contributed by atoms with van der Waals surface area (Å²) in [4.78, 5) is 37.9. The molecule has 0 bridgehead atoms. The van der Waals surface area contributed by atoms with Gasteiger partial charge in [0.05, 0.1) is 17.3 Å². The van der Waals surface area contributed by atoms with Crippen molar-refractivity contribution >= 4 is 63.2 Å². The van der Waals surface area contributed by atoms with Crippen LogP contribution in [0, 0.1) is 0 Å². The van der Waals surface area contributed by atoms with Gasteiger partial charge in [-0.05, 0) is 91.9 Å². The van der Waals surface area contributed by atoms with E-state index in [0.717, 1.165) is 4.47 Å². The maximum Gasteiger partial charge on any atom is 0.343 e. The first-order valence-corrected chi connectivity index (χ1v) is 13.6. The monoisotopic (exact) mass is 654 g/mol. The molecule has 0 heterocycles. The standard InChI is InChI=1S/C30H21BrCl2N2O6/c1-18(39-25-14-7-22(31)8-15-25)28(36)35-34-17-21-6-13-26(40-29(37)19-2-9-23(32)10-3-19)16-27(21)41-30(38)20-4-11-24(33)12-5-20/h2-18H,1H3,(H,35,36). The molecule has 4 aromatic rings. The van der Waals surface area contributed by atoms with Crippen molar-refractivity contribution in [1.29, 1.82) is 0 Å². The Bertz CT molecular complexity index is 1580. The van der Waals surface area contributed by atoms with Crippen molar-refractivity contribution in [2.24, 2.45) is 5.10 Å². The Balaban J connectivity index is 1.50. The van der Waals surface area contributed by atoms with Gasteiger partial charge in [0.15, 0.2) is 6.10 Å². The first kappa shape index (κ1) is 29.8. The number of esters is 2. The Morgan fingerprint density at radius 3 is 1.90 bits per heavy atom. The van der Waals surface area contributed by atoms with E-state index in [1.54, 1.807) is 55.5 Å². The lowest BCUT2D eigenvalue weighted by Gasteiger charge is -2.13. The van der Waals surface area contributed by atoms with Crippen LogP contribution in [0.25, 0.3) is 0 Å². The first-order valence-electron chi connectivity index (χ1n) is 12.0. The number of rotatable bonds is 9. The summed E-state index contributed by atoms with van der Waals surface area (Å²) in [6.45, 7) is 1.58. The molecular weight excluding hydrogens is 635 g/mol. The lowest BCUT2D eigenvalue weighted by atomic mass is 10.2. The molecule has 0 aromatic heterocycles. The molecule has 4 rings (SSSR count). The van der Waals surface area contributed by atoms with Gasteiger partial charge in [0.25, 0.3) is 5.91 Å². The Morgan fingerprint density at radius 1 is 0.780 bits per heavy atom. The summed E-state index contributed by atoms with van der Waals surface area (Å²) in [7, 11) is 0. The molecule has 41 heavy (non-hydrogen) atoms. The Hall–Kier alpha value is -4.18. The van der Waals surface area contributed by atoms with Crippen LogP contribution < -0.4 is 19.6 Å². The second-order valence-electron chi connectivity index (χ2n) is 8.44. The largest absolute Gasteiger partial charge is 0.481 e. The predicted octanol–water partition coefficient (Wildman–Crippen LogP) is 7.11. The van der Waals surface area contributed by atoms with Gasteiger partial charge in [0.2, 0.25) is 0 Å². The van der Waals surface area contributed by atoms with E-state index in [9.17, 15) is 14.4 Å². The van der Waals surface area contributed by atoms with Gasteiger partial charge in [0, 0.05) is 26.1 Å². The maximum absolute atomic E-state index is 12.8. The number of carbonyl (C=O) groups excluding carboxylic acids is 3. The summed E-state index contributed by atoms with van der Waals surface area (Å²) in [6.07, 6.45) is 0.449. The highest BCUT2D eigenvalue weighted by Crippen LogP contribution is 2.26. The van der Waals surface area contributed by atoms with E-state index >= 15 is 0 Å². The van der Waals surface area contributed by atoms with Crippen LogP contribution in [-0.4, -0.2) is 30.2 Å². The summed E-state index contributed by atoms with van der Waals surface area (Å²) in [5.41, 5.74) is 3.24. The van der Waals surface area contributed by atoms with Gasteiger partial charge in [-0.15, -0.1) is 0 Å². The molecule has 0 spiro atoms. The fourth-order valence-electron chi connectivity index (χ4n) is 3.30. The third-order valence-corrected chi connectivity index (χ3v) is 6.46. The lowest BCUT2D eigenvalue weighted by molar-refractivity contribution is -0.127. The van der Waals surface area contributed by atoms with E-state index in [-0.39, 0.29) is 22.6 Å². The molecule has 0 fully saturated rings. The van der Waals surface area contributed by atoms with Crippen molar-refractivity contribution in [2.75, 3.05) is 0 Å². The number of hydrazone groups is 1. The fourth-order valence-corrected chi connectivity index (χ4v) is 3.81. The fraction of sp³-hybridized carbons (Fsp3) is 0.0667. The number of nitrogens with zero attached hydrogens (tertiary/aromatic N) is 1. The minimum absolute atomic E-state index is 0.0310. The van der Waals surface area contributed by atoms with Crippen LogP contribution >= 0.6 is 39.1 Å². The molecule has 0 saturated heterocycles. The highest BCUT2D eigenvalue weighted by molar-refractivity contribution is 9.10. The van der Waals surface area contributed by atoms with Crippen LogP contribution in [0.4, 0.5) is 0 Å². The van der Waals surface area contributed by atoms with Gasteiger partial charge >= 0.3 is 11.9 Å². The number of hydrogen-bond donors (Lipinski definition) is 1. The summed E-state index contributed by atoms with van der Waals surface area (Å²) in [5.74, 6) is -1.16. The minimum atomic E-state index is -0.842. The lowest BCUT2D eigenvalue weighted by Crippen LogP contribution is -2.33. The van der Waals surface area contributed by atoms with E-state index in [2.05, 4.69) is 26.5 Å². The van der Waals surface area contributed by atoms with Crippen LogP contribution in [0.3, 0.4) is 0 Å². The normalized spacial score (nSPS) is 11.5. The number of hydrogen-bond acceptors (Lipinski definition) is 7. The molecule has 0 aliphatic heterocycles.